The molecule has 0 aromatic heterocycles. The SMILES string of the molecule is Cc1ccc([N+](=O)[O-])cc1NC(=O)CCOc1ccccc1F. The second kappa shape index (κ2) is 7.35. The minimum Gasteiger partial charge on any atom is -0.490 e. The molecule has 0 saturated heterocycles. The number of aryl methyl sites for hydroxylation is 1. The number of ether oxygens (including phenoxy) is 1. The molecule has 0 radical (unpaired) electrons. The first kappa shape index (κ1) is 16.4. The van der Waals surface area contributed by atoms with Gasteiger partial charge in [0, 0.05) is 12.1 Å². The van der Waals surface area contributed by atoms with Gasteiger partial charge in [0.2, 0.25) is 5.91 Å². The van der Waals surface area contributed by atoms with Gasteiger partial charge in [0.15, 0.2) is 11.6 Å². The molecule has 0 saturated carbocycles. The average Bonchev–Trinajstić information content (AvgIpc) is 2.51. The van der Waals surface area contributed by atoms with Crippen LogP contribution in [0.1, 0.15) is 12.0 Å². The topological polar surface area (TPSA) is 81.5 Å². The highest BCUT2D eigenvalue weighted by Crippen LogP contribution is 2.22. The van der Waals surface area contributed by atoms with Crippen molar-refractivity contribution in [3.8, 4) is 5.75 Å². The van der Waals surface area contributed by atoms with E-state index in [1.807, 2.05) is 0 Å². The number of carbonyl (C=O) groups excluding carboxylic acids is 1. The largest absolute Gasteiger partial charge is 0.490 e. The molecule has 2 aromatic carbocycles. The number of para-hydroxylation sites is 1. The van der Waals surface area contributed by atoms with Gasteiger partial charge in [-0.05, 0) is 24.6 Å². The van der Waals surface area contributed by atoms with E-state index in [0.29, 0.717) is 11.3 Å². The summed E-state index contributed by atoms with van der Waals surface area (Å²) < 4.78 is 18.5. The van der Waals surface area contributed by atoms with Crippen LogP contribution in [-0.2, 0) is 4.79 Å². The zero-order chi connectivity index (χ0) is 16.8. The number of carbonyl (C=O) groups is 1. The molecular formula is C16H15FN2O4. The molecule has 1 amide bonds. The van der Waals surface area contributed by atoms with E-state index in [1.54, 1.807) is 25.1 Å². The Balaban J connectivity index is 1.91. The van der Waals surface area contributed by atoms with Crippen LogP contribution in [0.15, 0.2) is 42.5 Å². The summed E-state index contributed by atoms with van der Waals surface area (Å²) in [4.78, 5) is 22.1. The second-order valence-electron chi connectivity index (χ2n) is 4.83. The molecule has 0 atom stereocenters. The number of halogens is 1. The molecule has 2 rings (SSSR count). The second-order valence-corrected chi connectivity index (χ2v) is 4.83. The smallest absolute Gasteiger partial charge is 0.271 e. The number of anilines is 1. The number of hydrogen-bond donors (Lipinski definition) is 1. The van der Waals surface area contributed by atoms with Crippen LogP contribution in [0.4, 0.5) is 15.8 Å². The summed E-state index contributed by atoms with van der Waals surface area (Å²) in [5, 5.41) is 13.3. The van der Waals surface area contributed by atoms with Gasteiger partial charge in [-0.25, -0.2) is 4.39 Å². The van der Waals surface area contributed by atoms with Crippen molar-refractivity contribution in [2.75, 3.05) is 11.9 Å². The van der Waals surface area contributed by atoms with E-state index in [1.165, 1.54) is 24.3 Å². The Morgan fingerprint density at radius 2 is 2.04 bits per heavy atom. The Morgan fingerprint density at radius 1 is 1.30 bits per heavy atom. The number of amides is 1. The first-order valence-corrected chi connectivity index (χ1v) is 6.89. The summed E-state index contributed by atoms with van der Waals surface area (Å²) in [6.07, 6.45) is -0.00351. The fourth-order valence-electron chi connectivity index (χ4n) is 1.89. The number of nitrogens with one attached hydrogen (secondary N) is 1. The third-order valence-electron chi connectivity index (χ3n) is 3.13. The van der Waals surface area contributed by atoms with Gasteiger partial charge in [-0.3, -0.25) is 14.9 Å². The monoisotopic (exact) mass is 318 g/mol. The van der Waals surface area contributed by atoms with Gasteiger partial charge in [-0.1, -0.05) is 18.2 Å². The summed E-state index contributed by atoms with van der Waals surface area (Å²) >= 11 is 0. The maximum Gasteiger partial charge on any atom is 0.271 e. The highest BCUT2D eigenvalue weighted by atomic mass is 19.1. The number of nitro benzene ring substituents is 1. The van der Waals surface area contributed by atoms with Gasteiger partial charge >= 0.3 is 0 Å². The lowest BCUT2D eigenvalue weighted by molar-refractivity contribution is -0.384. The van der Waals surface area contributed by atoms with Crippen molar-refractivity contribution in [1.29, 1.82) is 0 Å². The zero-order valence-electron chi connectivity index (χ0n) is 12.4. The minimum absolute atomic E-state index is 0.000735. The summed E-state index contributed by atoms with van der Waals surface area (Å²) in [6, 6.07) is 10.1. The molecule has 0 aliphatic rings. The highest BCUT2D eigenvalue weighted by Gasteiger charge is 2.11. The molecule has 23 heavy (non-hydrogen) atoms. The number of benzene rings is 2. The van der Waals surface area contributed by atoms with Gasteiger partial charge in [-0.2, -0.15) is 0 Å². The standard InChI is InChI=1S/C16H15FN2O4/c1-11-6-7-12(19(21)22)10-14(11)18-16(20)8-9-23-15-5-3-2-4-13(15)17/h2-7,10H,8-9H2,1H3,(H,18,20). The summed E-state index contributed by atoms with van der Waals surface area (Å²) in [6.45, 7) is 1.73. The van der Waals surface area contributed by atoms with E-state index >= 15 is 0 Å². The predicted molar refractivity (Wildman–Crippen MR) is 83.0 cm³/mol. The number of non-ortho nitro benzene ring substituents is 1. The average molecular weight is 318 g/mol. The zero-order valence-corrected chi connectivity index (χ0v) is 12.4. The quantitative estimate of drug-likeness (QED) is 0.653. The number of rotatable bonds is 6. The van der Waals surface area contributed by atoms with Crippen LogP contribution in [0.25, 0.3) is 0 Å². The lowest BCUT2D eigenvalue weighted by Gasteiger charge is -2.09. The molecule has 7 heteroatoms. The molecule has 2 aromatic rings. The first-order valence-electron chi connectivity index (χ1n) is 6.89. The third-order valence-corrected chi connectivity index (χ3v) is 3.13. The Bertz CT molecular complexity index is 734. The van der Waals surface area contributed by atoms with Crippen molar-refractivity contribution < 1.29 is 18.8 Å². The van der Waals surface area contributed by atoms with Crippen molar-refractivity contribution in [2.45, 2.75) is 13.3 Å². The highest BCUT2D eigenvalue weighted by molar-refractivity contribution is 5.91. The summed E-state index contributed by atoms with van der Waals surface area (Å²) in [7, 11) is 0. The summed E-state index contributed by atoms with van der Waals surface area (Å²) in [5.74, 6) is -0.792. The lowest BCUT2D eigenvalue weighted by Crippen LogP contribution is -2.16. The van der Waals surface area contributed by atoms with E-state index < -0.39 is 10.7 Å². The number of hydrogen-bond acceptors (Lipinski definition) is 4. The maximum atomic E-state index is 13.3. The number of nitrogens with zero attached hydrogens (tertiary/aromatic N) is 1. The predicted octanol–water partition coefficient (Wildman–Crippen LogP) is 3.45. The van der Waals surface area contributed by atoms with Crippen molar-refractivity contribution in [3.05, 3.63) is 64.0 Å². The van der Waals surface area contributed by atoms with E-state index in [0.717, 1.165) is 0 Å². The Hall–Kier alpha value is -2.96. The van der Waals surface area contributed by atoms with E-state index in [-0.39, 0.29) is 30.4 Å². The van der Waals surface area contributed by atoms with Gasteiger partial charge in [-0.15, -0.1) is 0 Å². The maximum absolute atomic E-state index is 13.3. The van der Waals surface area contributed by atoms with Crippen LogP contribution >= 0.6 is 0 Å². The van der Waals surface area contributed by atoms with Crippen molar-refractivity contribution in [1.82, 2.24) is 0 Å². The van der Waals surface area contributed by atoms with E-state index in [9.17, 15) is 19.3 Å². The van der Waals surface area contributed by atoms with E-state index in [4.69, 9.17) is 4.74 Å². The van der Waals surface area contributed by atoms with Crippen LogP contribution in [0.2, 0.25) is 0 Å². The molecule has 0 spiro atoms. The molecule has 120 valence electrons. The van der Waals surface area contributed by atoms with Gasteiger partial charge in [0.05, 0.1) is 23.6 Å². The lowest BCUT2D eigenvalue weighted by atomic mass is 10.2. The molecule has 0 unspecified atom stereocenters. The van der Waals surface area contributed by atoms with Crippen LogP contribution in [0.5, 0.6) is 5.75 Å². The fraction of sp³-hybridized carbons (Fsp3) is 0.188. The molecular weight excluding hydrogens is 303 g/mol. The molecule has 0 aliphatic heterocycles. The molecule has 6 nitrogen and oxygen atoms in total. The van der Waals surface area contributed by atoms with Crippen molar-refractivity contribution >= 4 is 17.3 Å². The Labute approximate surface area is 132 Å². The Morgan fingerprint density at radius 3 is 2.74 bits per heavy atom. The fourth-order valence-corrected chi connectivity index (χ4v) is 1.89. The van der Waals surface area contributed by atoms with Gasteiger partial charge in [0.25, 0.3) is 5.69 Å². The van der Waals surface area contributed by atoms with Crippen molar-refractivity contribution in [2.24, 2.45) is 0 Å². The third kappa shape index (κ3) is 4.50. The van der Waals surface area contributed by atoms with Crippen LogP contribution in [0, 0.1) is 22.9 Å². The normalized spacial score (nSPS) is 10.2. The van der Waals surface area contributed by atoms with Gasteiger partial charge < -0.3 is 10.1 Å². The molecule has 0 aliphatic carbocycles. The summed E-state index contributed by atoms with van der Waals surface area (Å²) in [5.41, 5.74) is 0.975. The number of nitro groups is 1. The van der Waals surface area contributed by atoms with E-state index in [2.05, 4.69) is 5.32 Å². The molecule has 0 heterocycles. The van der Waals surface area contributed by atoms with Crippen LogP contribution < -0.4 is 10.1 Å². The molecule has 0 fully saturated rings. The van der Waals surface area contributed by atoms with Crippen LogP contribution in [-0.4, -0.2) is 17.4 Å². The first-order chi connectivity index (χ1) is 11.0. The Kier molecular flexibility index (Phi) is 5.24. The molecule has 0 bridgehead atoms. The van der Waals surface area contributed by atoms with Crippen molar-refractivity contribution in [3.63, 3.8) is 0 Å². The molecule has 1 N–H and O–H groups in total. The van der Waals surface area contributed by atoms with Crippen LogP contribution in [0.3, 0.4) is 0 Å². The van der Waals surface area contributed by atoms with Gasteiger partial charge in [0.1, 0.15) is 0 Å². The minimum atomic E-state index is -0.531.